The lowest BCUT2D eigenvalue weighted by Gasteiger charge is -2.42. The van der Waals surface area contributed by atoms with E-state index in [9.17, 15) is 0 Å². The predicted molar refractivity (Wildman–Crippen MR) is 81.2 cm³/mol. The first-order valence-corrected chi connectivity index (χ1v) is 7.21. The minimum absolute atomic E-state index is 0.420. The van der Waals surface area contributed by atoms with E-state index in [-0.39, 0.29) is 0 Å². The van der Waals surface area contributed by atoms with Gasteiger partial charge in [0.1, 0.15) is 0 Å². The summed E-state index contributed by atoms with van der Waals surface area (Å²) in [5.74, 6) is 0.840. The molecule has 0 amide bonds. The molecule has 0 unspecified atom stereocenters. The van der Waals surface area contributed by atoms with E-state index in [0.717, 1.165) is 0 Å². The monoisotopic (exact) mass is 254 g/mol. The fourth-order valence-electron chi connectivity index (χ4n) is 4.12. The maximum atomic E-state index is 2.30. The van der Waals surface area contributed by atoms with Gasteiger partial charge in [0.25, 0.3) is 0 Å². The molecule has 0 spiro atoms. The van der Waals surface area contributed by atoms with Crippen LogP contribution in [0.1, 0.15) is 45.2 Å². The van der Waals surface area contributed by atoms with Gasteiger partial charge < -0.3 is 0 Å². The molecule has 94 valence electrons. The summed E-state index contributed by atoms with van der Waals surface area (Å²) >= 11 is 0. The molecular weight excluding hydrogens is 240 g/mol. The third-order valence-electron chi connectivity index (χ3n) is 4.85. The summed E-state index contributed by atoms with van der Waals surface area (Å²) in [5, 5.41) is 0. The van der Waals surface area contributed by atoms with Gasteiger partial charge in [0.05, 0.1) is 0 Å². The summed E-state index contributed by atoms with van der Waals surface area (Å²) in [7, 11) is 0. The van der Waals surface area contributed by atoms with Gasteiger partial charge in [-0.1, -0.05) is 72.8 Å². The predicted octanol–water partition coefficient (Wildman–Crippen LogP) is 4.67. The van der Waals surface area contributed by atoms with Crippen molar-refractivity contribution in [2.75, 3.05) is 0 Å². The summed E-state index contributed by atoms with van der Waals surface area (Å²) in [6.07, 6.45) is 0. The van der Waals surface area contributed by atoms with Crippen molar-refractivity contribution in [3.8, 4) is 0 Å². The molecule has 0 nitrogen and oxygen atoms in total. The van der Waals surface area contributed by atoms with E-state index in [0.29, 0.717) is 11.8 Å². The number of benzene rings is 3. The fraction of sp³-hybridized carbons (Fsp3) is 0.100. The third-order valence-corrected chi connectivity index (χ3v) is 4.85. The Morgan fingerprint density at radius 2 is 0.550 bits per heavy atom. The lowest BCUT2D eigenvalue weighted by Crippen LogP contribution is -2.27. The van der Waals surface area contributed by atoms with E-state index in [1.165, 1.54) is 33.4 Å². The van der Waals surface area contributed by atoms with Gasteiger partial charge in [0.2, 0.25) is 0 Å². The first kappa shape index (κ1) is 10.4. The highest BCUT2D eigenvalue weighted by Gasteiger charge is 2.40. The van der Waals surface area contributed by atoms with Crippen molar-refractivity contribution < 1.29 is 0 Å². The van der Waals surface area contributed by atoms with E-state index < -0.39 is 0 Å². The van der Waals surface area contributed by atoms with Gasteiger partial charge in [-0.2, -0.15) is 0 Å². The normalized spacial score (nSPS) is 21.0. The maximum Gasteiger partial charge on any atom is 0.0349 e. The SMILES string of the molecule is c1ccc2c(c1)C1c3ccccc3C2c2ccccc21. The average Bonchev–Trinajstić information content (AvgIpc) is 2.54. The van der Waals surface area contributed by atoms with Crippen LogP contribution in [0.3, 0.4) is 0 Å². The Balaban J connectivity index is 1.93. The Hall–Kier alpha value is -2.34. The zero-order valence-electron chi connectivity index (χ0n) is 11.1. The van der Waals surface area contributed by atoms with Crippen LogP contribution in [-0.4, -0.2) is 0 Å². The van der Waals surface area contributed by atoms with Gasteiger partial charge in [-0.05, 0) is 33.4 Å². The molecule has 3 aromatic carbocycles. The summed E-state index contributed by atoms with van der Waals surface area (Å²) in [4.78, 5) is 0. The largest absolute Gasteiger partial charge is 0.0619 e. The van der Waals surface area contributed by atoms with E-state index >= 15 is 0 Å². The second kappa shape index (κ2) is 3.61. The molecule has 0 fully saturated rings. The third kappa shape index (κ3) is 1.13. The van der Waals surface area contributed by atoms with Crippen LogP contribution in [0, 0.1) is 0 Å². The molecule has 0 saturated carbocycles. The zero-order valence-corrected chi connectivity index (χ0v) is 11.1. The molecule has 0 atom stereocenters. The Morgan fingerprint density at radius 3 is 0.750 bits per heavy atom. The van der Waals surface area contributed by atoms with Crippen molar-refractivity contribution >= 4 is 0 Å². The number of rotatable bonds is 0. The lowest BCUT2D eigenvalue weighted by atomic mass is 9.61. The quantitative estimate of drug-likeness (QED) is 0.376. The molecule has 0 aliphatic heterocycles. The first-order valence-electron chi connectivity index (χ1n) is 7.21. The van der Waals surface area contributed by atoms with Crippen molar-refractivity contribution in [3.05, 3.63) is 106 Å². The van der Waals surface area contributed by atoms with Gasteiger partial charge in [0, 0.05) is 11.8 Å². The Kier molecular flexibility index (Phi) is 1.88. The summed E-state index contributed by atoms with van der Waals surface area (Å²) in [5.41, 5.74) is 8.97. The van der Waals surface area contributed by atoms with E-state index in [1.807, 2.05) is 0 Å². The minimum Gasteiger partial charge on any atom is -0.0619 e. The standard InChI is InChI=1S/C20H14/c1-2-8-14-13(7-1)19-15-9-3-5-11-17(15)20(14)18-12-6-4-10-16(18)19/h1-12,19-20H. The molecule has 20 heavy (non-hydrogen) atoms. The topological polar surface area (TPSA) is 0 Å². The summed E-state index contributed by atoms with van der Waals surface area (Å²) in [6.45, 7) is 0. The van der Waals surface area contributed by atoms with Gasteiger partial charge in [-0.3, -0.25) is 0 Å². The molecule has 0 aromatic heterocycles. The van der Waals surface area contributed by atoms with Gasteiger partial charge in [-0.15, -0.1) is 0 Å². The highest BCUT2D eigenvalue weighted by molar-refractivity contribution is 5.67. The molecule has 0 heteroatoms. The lowest BCUT2D eigenvalue weighted by molar-refractivity contribution is 0.754. The Labute approximate surface area is 118 Å². The molecule has 6 rings (SSSR count). The molecule has 0 radical (unpaired) electrons. The molecule has 3 aromatic rings. The van der Waals surface area contributed by atoms with Crippen LogP contribution in [0.4, 0.5) is 0 Å². The van der Waals surface area contributed by atoms with Crippen LogP contribution < -0.4 is 0 Å². The molecule has 0 N–H and O–H groups in total. The Morgan fingerprint density at radius 1 is 0.350 bits per heavy atom. The molecule has 3 aliphatic carbocycles. The van der Waals surface area contributed by atoms with E-state index in [1.54, 1.807) is 0 Å². The fourth-order valence-corrected chi connectivity index (χ4v) is 4.12. The molecule has 0 saturated heterocycles. The van der Waals surface area contributed by atoms with Crippen LogP contribution in [0.25, 0.3) is 0 Å². The van der Waals surface area contributed by atoms with Crippen molar-refractivity contribution in [3.63, 3.8) is 0 Å². The summed E-state index contributed by atoms with van der Waals surface area (Å²) < 4.78 is 0. The average molecular weight is 254 g/mol. The Bertz CT molecular complexity index is 647. The van der Waals surface area contributed by atoms with Crippen molar-refractivity contribution in [2.24, 2.45) is 0 Å². The number of hydrogen-bond donors (Lipinski definition) is 0. The summed E-state index contributed by atoms with van der Waals surface area (Å²) in [6, 6.07) is 26.9. The molecule has 3 aliphatic rings. The molecular formula is C20H14. The van der Waals surface area contributed by atoms with Crippen LogP contribution in [0.2, 0.25) is 0 Å². The number of hydrogen-bond acceptors (Lipinski definition) is 0. The highest BCUT2D eigenvalue weighted by atomic mass is 14.4. The zero-order chi connectivity index (χ0) is 13.1. The second-order valence-corrected chi connectivity index (χ2v) is 5.75. The van der Waals surface area contributed by atoms with Crippen molar-refractivity contribution in [1.82, 2.24) is 0 Å². The van der Waals surface area contributed by atoms with Crippen molar-refractivity contribution in [1.29, 1.82) is 0 Å². The van der Waals surface area contributed by atoms with Gasteiger partial charge in [0.15, 0.2) is 0 Å². The van der Waals surface area contributed by atoms with Crippen molar-refractivity contribution in [2.45, 2.75) is 11.8 Å². The van der Waals surface area contributed by atoms with E-state index in [4.69, 9.17) is 0 Å². The highest BCUT2D eigenvalue weighted by Crippen LogP contribution is 2.55. The van der Waals surface area contributed by atoms with Crippen LogP contribution in [0.15, 0.2) is 72.8 Å². The molecule has 0 heterocycles. The van der Waals surface area contributed by atoms with Crippen LogP contribution in [0.5, 0.6) is 0 Å². The molecule has 2 bridgehead atoms. The first-order chi connectivity index (χ1) is 9.95. The van der Waals surface area contributed by atoms with E-state index in [2.05, 4.69) is 72.8 Å². The van der Waals surface area contributed by atoms with Crippen LogP contribution in [-0.2, 0) is 0 Å². The van der Waals surface area contributed by atoms with Gasteiger partial charge >= 0.3 is 0 Å². The minimum atomic E-state index is 0.420. The maximum absolute atomic E-state index is 2.30. The second-order valence-electron chi connectivity index (χ2n) is 5.75. The smallest absolute Gasteiger partial charge is 0.0349 e. The van der Waals surface area contributed by atoms with Gasteiger partial charge in [-0.25, -0.2) is 0 Å². The van der Waals surface area contributed by atoms with Crippen LogP contribution >= 0.6 is 0 Å².